The number of carbonyl (C=O) groups excluding carboxylic acids is 1. The van der Waals surface area contributed by atoms with Crippen molar-refractivity contribution in [3.05, 3.63) is 111 Å². The second-order valence-corrected chi connectivity index (χ2v) is 10.9. The van der Waals surface area contributed by atoms with Gasteiger partial charge in [0.15, 0.2) is 0 Å². The van der Waals surface area contributed by atoms with Crippen molar-refractivity contribution in [3.63, 3.8) is 0 Å². The van der Waals surface area contributed by atoms with Crippen LogP contribution in [-0.2, 0) is 16.4 Å². The van der Waals surface area contributed by atoms with Gasteiger partial charge in [0.1, 0.15) is 0 Å². The van der Waals surface area contributed by atoms with Crippen LogP contribution >= 0.6 is 23.2 Å². The van der Waals surface area contributed by atoms with E-state index in [9.17, 15) is 13.2 Å². The van der Waals surface area contributed by atoms with Gasteiger partial charge in [0.25, 0.3) is 15.9 Å². The number of aromatic amines is 1. The summed E-state index contributed by atoms with van der Waals surface area (Å²) in [5.41, 5.74) is 3.89. The van der Waals surface area contributed by atoms with Crippen molar-refractivity contribution in [2.24, 2.45) is 0 Å². The van der Waals surface area contributed by atoms with Crippen LogP contribution in [0, 0.1) is 6.92 Å². The molecule has 35 heavy (non-hydrogen) atoms. The molecule has 0 atom stereocenters. The highest BCUT2D eigenvalue weighted by Crippen LogP contribution is 2.30. The van der Waals surface area contributed by atoms with Gasteiger partial charge in [-0.25, -0.2) is 13.1 Å². The lowest BCUT2D eigenvalue weighted by molar-refractivity contribution is 0.0981. The van der Waals surface area contributed by atoms with Crippen molar-refractivity contribution in [2.45, 2.75) is 18.2 Å². The number of nitrogens with one attached hydrogen (secondary N) is 2. The Bertz CT molecular complexity index is 1730. The van der Waals surface area contributed by atoms with Crippen LogP contribution in [0.1, 0.15) is 27.2 Å². The van der Waals surface area contributed by atoms with Gasteiger partial charge in [-0.3, -0.25) is 4.79 Å². The van der Waals surface area contributed by atoms with Gasteiger partial charge in [0.05, 0.1) is 4.90 Å². The summed E-state index contributed by atoms with van der Waals surface area (Å²) in [6.07, 6.45) is 0.530. The molecule has 0 bridgehead atoms. The summed E-state index contributed by atoms with van der Waals surface area (Å²) in [6.45, 7) is 1.95. The lowest BCUT2D eigenvalue weighted by Crippen LogP contribution is -2.30. The van der Waals surface area contributed by atoms with Gasteiger partial charge in [0.2, 0.25) is 0 Å². The number of hydrogen-bond donors (Lipinski definition) is 2. The fourth-order valence-electron chi connectivity index (χ4n) is 4.18. The van der Waals surface area contributed by atoms with Crippen LogP contribution in [0.3, 0.4) is 0 Å². The Hall–Kier alpha value is -3.32. The lowest BCUT2D eigenvalue weighted by Gasteiger charge is -2.09. The minimum absolute atomic E-state index is 0.0289. The topological polar surface area (TPSA) is 79.0 Å². The molecule has 5 aromatic rings. The van der Waals surface area contributed by atoms with E-state index in [1.807, 2.05) is 37.3 Å². The molecule has 0 aliphatic heterocycles. The standard InChI is InChI=1S/C27H20Cl2N2O3S/c1-16-23(13-19-6-9-21(28)15-25(19)29)24-14-20(8-11-26(24)30-16)27(32)31-35(33,34)22-10-7-17-4-2-3-5-18(17)12-22/h2-12,14-15,30H,13H2,1H3,(H,31,32). The molecular weight excluding hydrogens is 503 g/mol. The number of rotatable bonds is 5. The molecule has 1 amide bonds. The third-order valence-corrected chi connectivity index (χ3v) is 7.94. The third-order valence-electron chi connectivity index (χ3n) is 6.02. The first kappa shape index (κ1) is 23.4. The highest BCUT2D eigenvalue weighted by molar-refractivity contribution is 7.90. The zero-order valence-electron chi connectivity index (χ0n) is 18.6. The molecule has 0 saturated carbocycles. The smallest absolute Gasteiger partial charge is 0.265 e. The molecule has 0 unspecified atom stereocenters. The summed E-state index contributed by atoms with van der Waals surface area (Å²) in [5.74, 6) is -0.700. The monoisotopic (exact) mass is 522 g/mol. The predicted octanol–water partition coefficient (Wildman–Crippen LogP) is 6.65. The number of fused-ring (bicyclic) bond motifs is 2. The summed E-state index contributed by atoms with van der Waals surface area (Å²) in [4.78, 5) is 16.3. The summed E-state index contributed by atoms with van der Waals surface area (Å²) in [5, 5.41) is 3.63. The van der Waals surface area contributed by atoms with E-state index in [0.29, 0.717) is 16.5 Å². The summed E-state index contributed by atoms with van der Waals surface area (Å²) in [6, 6.07) is 22.6. The van der Waals surface area contributed by atoms with Crippen LogP contribution < -0.4 is 4.72 Å². The molecule has 0 aliphatic carbocycles. The summed E-state index contributed by atoms with van der Waals surface area (Å²) in [7, 11) is -4.05. The molecular formula is C27H20Cl2N2O3S. The lowest BCUT2D eigenvalue weighted by atomic mass is 10.0. The molecule has 5 nitrogen and oxygen atoms in total. The maximum absolute atomic E-state index is 13.0. The van der Waals surface area contributed by atoms with E-state index in [-0.39, 0.29) is 10.5 Å². The minimum atomic E-state index is -4.05. The molecule has 1 heterocycles. The number of benzene rings is 4. The maximum atomic E-state index is 13.0. The Labute approximate surface area is 212 Å². The van der Waals surface area contributed by atoms with Gasteiger partial charge < -0.3 is 4.98 Å². The highest BCUT2D eigenvalue weighted by Gasteiger charge is 2.20. The van der Waals surface area contributed by atoms with Gasteiger partial charge in [-0.2, -0.15) is 0 Å². The fourth-order valence-corrected chi connectivity index (χ4v) is 5.67. The van der Waals surface area contributed by atoms with Crippen LogP contribution in [0.5, 0.6) is 0 Å². The summed E-state index contributed by atoms with van der Waals surface area (Å²) < 4.78 is 28.1. The first-order chi connectivity index (χ1) is 16.7. The van der Waals surface area contributed by atoms with Gasteiger partial charge in [0, 0.05) is 38.6 Å². The van der Waals surface area contributed by atoms with Gasteiger partial charge >= 0.3 is 0 Å². The average molecular weight is 523 g/mol. The van der Waals surface area contributed by atoms with Gasteiger partial charge in [-0.15, -0.1) is 0 Å². The van der Waals surface area contributed by atoms with Crippen LogP contribution in [0.4, 0.5) is 0 Å². The Balaban J connectivity index is 1.46. The van der Waals surface area contributed by atoms with E-state index in [2.05, 4.69) is 9.71 Å². The molecule has 176 valence electrons. The predicted molar refractivity (Wildman–Crippen MR) is 141 cm³/mol. The van der Waals surface area contributed by atoms with Crippen molar-refractivity contribution in [1.29, 1.82) is 0 Å². The second-order valence-electron chi connectivity index (χ2n) is 8.35. The molecule has 1 aromatic heterocycles. The summed E-state index contributed by atoms with van der Waals surface area (Å²) >= 11 is 12.4. The number of H-pyrrole nitrogens is 1. The van der Waals surface area contributed by atoms with Gasteiger partial charge in [-0.05, 0) is 71.3 Å². The van der Waals surface area contributed by atoms with Crippen molar-refractivity contribution < 1.29 is 13.2 Å². The van der Waals surface area contributed by atoms with E-state index >= 15 is 0 Å². The van der Waals surface area contributed by atoms with E-state index in [4.69, 9.17) is 23.2 Å². The SMILES string of the molecule is Cc1[nH]c2ccc(C(=O)NS(=O)(=O)c3ccc4ccccc4c3)cc2c1Cc1ccc(Cl)cc1Cl. The van der Waals surface area contributed by atoms with Crippen molar-refractivity contribution >= 4 is 60.8 Å². The van der Waals surface area contributed by atoms with E-state index in [0.717, 1.165) is 38.5 Å². The van der Waals surface area contributed by atoms with Crippen molar-refractivity contribution in [1.82, 2.24) is 9.71 Å². The van der Waals surface area contributed by atoms with Crippen LogP contribution in [-0.4, -0.2) is 19.3 Å². The van der Waals surface area contributed by atoms with Gasteiger partial charge in [-0.1, -0.05) is 59.6 Å². The largest absolute Gasteiger partial charge is 0.358 e. The van der Waals surface area contributed by atoms with Crippen LogP contribution in [0.15, 0.2) is 83.8 Å². The Morgan fingerprint density at radius 3 is 2.46 bits per heavy atom. The Morgan fingerprint density at radius 1 is 0.914 bits per heavy atom. The maximum Gasteiger partial charge on any atom is 0.265 e. The normalized spacial score (nSPS) is 11.7. The number of aryl methyl sites for hydroxylation is 1. The number of aromatic nitrogens is 1. The molecule has 0 aliphatic rings. The minimum Gasteiger partial charge on any atom is -0.358 e. The molecule has 8 heteroatoms. The Morgan fingerprint density at radius 2 is 1.69 bits per heavy atom. The Kier molecular flexibility index (Phi) is 6.05. The fraction of sp³-hybridized carbons (Fsp3) is 0.0741. The number of halogens is 2. The number of amides is 1. The first-order valence-corrected chi connectivity index (χ1v) is 13.1. The van der Waals surface area contributed by atoms with Crippen LogP contribution in [0.2, 0.25) is 10.0 Å². The van der Waals surface area contributed by atoms with E-state index in [1.165, 1.54) is 6.07 Å². The number of sulfonamides is 1. The highest BCUT2D eigenvalue weighted by atomic mass is 35.5. The molecule has 4 aromatic carbocycles. The molecule has 0 saturated heterocycles. The van der Waals surface area contributed by atoms with Crippen LogP contribution in [0.25, 0.3) is 21.7 Å². The molecule has 0 fully saturated rings. The van der Waals surface area contributed by atoms with Crippen molar-refractivity contribution in [2.75, 3.05) is 0 Å². The third kappa shape index (κ3) is 4.65. The zero-order valence-corrected chi connectivity index (χ0v) is 20.9. The molecule has 0 radical (unpaired) electrons. The van der Waals surface area contributed by atoms with E-state index < -0.39 is 15.9 Å². The first-order valence-electron chi connectivity index (χ1n) is 10.8. The molecule has 0 spiro atoms. The quantitative estimate of drug-likeness (QED) is 0.271. The molecule has 2 N–H and O–H groups in total. The van der Waals surface area contributed by atoms with Crippen molar-refractivity contribution in [3.8, 4) is 0 Å². The second kappa shape index (κ2) is 9.04. The number of hydrogen-bond acceptors (Lipinski definition) is 3. The number of carbonyl (C=O) groups is 1. The average Bonchev–Trinajstić information content (AvgIpc) is 3.14. The zero-order chi connectivity index (χ0) is 24.7. The van der Waals surface area contributed by atoms with E-state index in [1.54, 1.807) is 42.5 Å². The molecule has 5 rings (SSSR count).